The lowest BCUT2D eigenvalue weighted by molar-refractivity contribution is 0.0690. The third kappa shape index (κ3) is 2.80. The van der Waals surface area contributed by atoms with E-state index in [-0.39, 0.29) is 11.3 Å². The highest BCUT2D eigenvalue weighted by Gasteiger charge is 2.22. The summed E-state index contributed by atoms with van der Waals surface area (Å²) in [5.74, 6) is -0.350. The van der Waals surface area contributed by atoms with Crippen molar-refractivity contribution in [1.29, 1.82) is 0 Å². The zero-order valence-corrected chi connectivity index (χ0v) is 14.9. The molecular weight excluding hydrogens is 354 g/mol. The summed E-state index contributed by atoms with van der Waals surface area (Å²) in [5, 5.41) is 10.8. The van der Waals surface area contributed by atoms with Crippen molar-refractivity contribution in [2.24, 2.45) is 7.05 Å². The van der Waals surface area contributed by atoms with E-state index in [4.69, 9.17) is 5.11 Å². The normalized spacial score (nSPS) is 14.8. The van der Waals surface area contributed by atoms with E-state index in [2.05, 4.69) is 19.8 Å². The Balaban J connectivity index is 1.52. The lowest BCUT2D eigenvalue weighted by Gasteiger charge is -2.36. The maximum absolute atomic E-state index is 12.5. The van der Waals surface area contributed by atoms with Gasteiger partial charge < -0.3 is 14.9 Å². The van der Waals surface area contributed by atoms with Gasteiger partial charge >= 0.3 is 5.97 Å². The highest BCUT2D eigenvalue weighted by atomic mass is 32.1. The van der Waals surface area contributed by atoms with Gasteiger partial charge in [0, 0.05) is 33.2 Å². The molecule has 0 saturated carbocycles. The number of hydrogen-bond acceptors (Lipinski definition) is 7. The molecule has 0 amide bonds. The zero-order valence-electron chi connectivity index (χ0n) is 14.1. The molecule has 0 unspecified atom stereocenters. The number of carboxylic acid groups (broad SMARTS) is 1. The van der Waals surface area contributed by atoms with Crippen LogP contribution >= 0.6 is 11.3 Å². The smallest absolute Gasteiger partial charge is 0.354 e. The lowest BCUT2D eigenvalue weighted by Crippen LogP contribution is -2.48. The number of hydrogen-bond donors (Lipinski definition) is 1. The first kappa shape index (κ1) is 16.5. The minimum Gasteiger partial charge on any atom is -0.477 e. The van der Waals surface area contributed by atoms with Crippen LogP contribution in [0.1, 0.15) is 10.5 Å². The minimum absolute atomic E-state index is 0.0177. The van der Waals surface area contributed by atoms with Gasteiger partial charge in [0.05, 0.1) is 17.4 Å². The molecule has 1 N–H and O–H groups in total. The van der Waals surface area contributed by atoms with Gasteiger partial charge in [0.25, 0.3) is 5.56 Å². The van der Waals surface area contributed by atoms with Gasteiger partial charge in [0.2, 0.25) is 5.95 Å². The van der Waals surface area contributed by atoms with Gasteiger partial charge in [-0.1, -0.05) is 0 Å². The number of fused-ring (bicyclic) bond motifs is 1. The van der Waals surface area contributed by atoms with Gasteiger partial charge in [-0.05, 0) is 23.6 Å². The Morgan fingerprint density at radius 2 is 1.88 bits per heavy atom. The number of aromatic carboxylic acids is 1. The molecule has 9 heteroatoms. The average Bonchev–Trinajstić information content (AvgIpc) is 3.14. The Labute approximate surface area is 153 Å². The maximum Gasteiger partial charge on any atom is 0.354 e. The van der Waals surface area contributed by atoms with E-state index in [1.54, 1.807) is 23.9 Å². The predicted molar refractivity (Wildman–Crippen MR) is 100 cm³/mol. The summed E-state index contributed by atoms with van der Waals surface area (Å²) < 4.78 is 2.29. The number of carbonyl (C=O) groups is 1. The van der Waals surface area contributed by atoms with Crippen LogP contribution in [0.15, 0.2) is 34.6 Å². The van der Waals surface area contributed by atoms with Gasteiger partial charge in [0.1, 0.15) is 10.4 Å². The Morgan fingerprint density at radius 3 is 2.54 bits per heavy atom. The average molecular weight is 371 g/mol. The minimum atomic E-state index is -1.03. The van der Waals surface area contributed by atoms with Crippen molar-refractivity contribution in [3.05, 3.63) is 45.8 Å². The van der Waals surface area contributed by atoms with Crippen LogP contribution in [-0.2, 0) is 7.05 Å². The third-order valence-electron chi connectivity index (χ3n) is 4.56. The molecule has 0 aliphatic carbocycles. The first-order chi connectivity index (χ1) is 12.5. The fraction of sp³-hybridized carbons (Fsp3) is 0.294. The van der Waals surface area contributed by atoms with Crippen LogP contribution in [-0.4, -0.2) is 51.8 Å². The molecule has 4 heterocycles. The molecule has 1 aliphatic heterocycles. The molecule has 1 aliphatic rings. The molecular formula is C17H17N5O3S. The maximum atomic E-state index is 12.5. The topological polar surface area (TPSA) is 91.6 Å². The van der Waals surface area contributed by atoms with Crippen molar-refractivity contribution in [3.63, 3.8) is 0 Å². The molecule has 4 rings (SSSR count). The standard InChI is InChI=1S/C17H17N5O3S/c1-20-15(23)14-12(4-9-26-14)19-17(20)22-7-5-21(6-8-22)11-2-3-13(16(24)25)18-10-11/h2-4,9-10H,5-8H2,1H3,(H,24,25). The number of rotatable bonds is 3. The van der Waals surface area contributed by atoms with E-state index in [9.17, 15) is 9.59 Å². The first-order valence-corrected chi connectivity index (χ1v) is 9.06. The fourth-order valence-electron chi connectivity index (χ4n) is 3.12. The number of carboxylic acids is 1. The van der Waals surface area contributed by atoms with E-state index in [1.165, 1.54) is 17.4 Å². The lowest BCUT2D eigenvalue weighted by atomic mass is 10.2. The van der Waals surface area contributed by atoms with Crippen LogP contribution in [0, 0.1) is 0 Å². The number of aromatic nitrogens is 3. The summed E-state index contributed by atoms with van der Waals surface area (Å²) >= 11 is 1.41. The SMILES string of the molecule is Cn1c(N2CCN(c3ccc(C(=O)O)nc3)CC2)nc2ccsc2c1=O. The quantitative estimate of drug-likeness (QED) is 0.744. The van der Waals surface area contributed by atoms with Crippen molar-refractivity contribution >= 4 is 39.2 Å². The van der Waals surface area contributed by atoms with Gasteiger partial charge in [0.15, 0.2) is 0 Å². The van der Waals surface area contributed by atoms with Gasteiger partial charge in [-0.15, -0.1) is 11.3 Å². The molecule has 26 heavy (non-hydrogen) atoms. The second-order valence-corrected chi connectivity index (χ2v) is 7.01. The van der Waals surface area contributed by atoms with Gasteiger partial charge in [-0.2, -0.15) is 0 Å². The fourth-order valence-corrected chi connectivity index (χ4v) is 3.93. The second kappa shape index (κ2) is 6.41. The summed E-state index contributed by atoms with van der Waals surface area (Å²) in [6.07, 6.45) is 1.59. The molecule has 8 nitrogen and oxygen atoms in total. The molecule has 0 radical (unpaired) electrons. The van der Waals surface area contributed by atoms with Gasteiger partial charge in [-0.3, -0.25) is 9.36 Å². The van der Waals surface area contributed by atoms with E-state index in [1.807, 2.05) is 11.4 Å². The van der Waals surface area contributed by atoms with Crippen molar-refractivity contribution in [2.75, 3.05) is 36.0 Å². The number of piperazine rings is 1. The molecule has 1 saturated heterocycles. The molecule has 0 aromatic carbocycles. The molecule has 1 fully saturated rings. The van der Waals surface area contributed by atoms with Crippen molar-refractivity contribution in [1.82, 2.24) is 14.5 Å². The molecule has 3 aromatic rings. The van der Waals surface area contributed by atoms with E-state index in [0.717, 1.165) is 37.4 Å². The van der Waals surface area contributed by atoms with Crippen LogP contribution < -0.4 is 15.4 Å². The van der Waals surface area contributed by atoms with Crippen LogP contribution in [0.25, 0.3) is 10.2 Å². The zero-order chi connectivity index (χ0) is 18.3. The monoisotopic (exact) mass is 371 g/mol. The molecule has 0 spiro atoms. The van der Waals surface area contributed by atoms with Crippen LogP contribution in [0.3, 0.4) is 0 Å². The summed E-state index contributed by atoms with van der Waals surface area (Å²) in [6.45, 7) is 2.92. The van der Waals surface area contributed by atoms with Crippen molar-refractivity contribution in [2.45, 2.75) is 0 Å². The number of thiophene rings is 1. The summed E-state index contributed by atoms with van der Waals surface area (Å²) in [7, 11) is 1.75. The van der Waals surface area contributed by atoms with Crippen molar-refractivity contribution < 1.29 is 9.90 Å². The highest BCUT2D eigenvalue weighted by molar-refractivity contribution is 7.17. The summed E-state index contributed by atoms with van der Waals surface area (Å²) in [5.41, 5.74) is 1.65. The van der Waals surface area contributed by atoms with E-state index < -0.39 is 5.97 Å². The van der Waals surface area contributed by atoms with Crippen LogP contribution in [0.5, 0.6) is 0 Å². The molecule has 0 bridgehead atoms. The Kier molecular flexibility index (Phi) is 4.08. The Bertz CT molecular complexity index is 1020. The number of nitrogens with zero attached hydrogens (tertiary/aromatic N) is 5. The summed E-state index contributed by atoms with van der Waals surface area (Å²) in [6, 6.07) is 5.16. The molecule has 134 valence electrons. The van der Waals surface area contributed by atoms with E-state index >= 15 is 0 Å². The van der Waals surface area contributed by atoms with E-state index in [0.29, 0.717) is 10.6 Å². The Hall–Kier alpha value is -2.94. The molecule has 0 atom stereocenters. The Morgan fingerprint density at radius 1 is 1.15 bits per heavy atom. The van der Waals surface area contributed by atoms with Crippen LogP contribution in [0.4, 0.5) is 11.6 Å². The van der Waals surface area contributed by atoms with Gasteiger partial charge in [-0.25, -0.2) is 14.8 Å². The second-order valence-electron chi connectivity index (χ2n) is 6.09. The van der Waals surface area contributed by atoms with Crippen molar-refractivity contribution in [3.8, 4) is 0 Å². The highest BCUT2D eigenvalue weighted by Crippen LogP contribution is 2.21. The largest absolute Gasteiger partial charge is 0.477 e. The summed E-state index contributed by atoms with van der Waals surface area (Å²) in [4.78, 5) is 36.2. The third-order valence-corrected chi connectivity index (χ3v) is 5.45. The first-order valence-electron chi connectivity index (χ1n) is 8.18. The number of anilines is 2. The van der Waals surface area contributed by atoms with Crippen LogP contribution in [0.2, 0.25) is 0 Å². The molecule has 3 aromatic heterocycles. The predicted octanol–water partition coefficient (Wildman–Crippen LogP) is 1.41. The number of pyridine rings is 1.